The van der Waals surface area contributed by atoms with Gasteiger partial charge in [0.25, 0.3) is 0 Å². The molecule has 1 heterocycles. The van der Waals surface area contributed by atoms with E-state index in [-0.39, 0.29) is 5.56 Å². The van der Waals surface area contributed by atoms with Crippen LogP contribution in [0.3, 0.4) is 0 Å². The number of hydrogen-bond acceptors (Lipinski definition) is 7. The van der Waals surface area contributed by atoms with Crippen LogP contribution in [-0.4, -0.2) is 41.5 Å². The SMILES string of the molecule is COc1cc(C(=O)OC(C)OC(C)=O)ccc1OCCn1ccnc1. The Morgan fingerprint density at radius 3 is 2.68 bits per heavy atom. The predicted molar refractivity (Wildman–Crippen MR) is 87.4 cm³/mol. The fourth-order valence-corrected chi connectivity index (χ4v) is 2.07. The first kappa shape index (κ1) is 18.3. The average Bonchev–Trinajstić information content (AvgIpc) is 3.07. The molecular weight excluding hydrogens is 328 g/mol. The lowest BCUT2D eigenvalue weighted by Crippen LogP contribution is -2.20. The Hall–Kier alpha value is -3.03. The van der Waals surface area contributed by atoms with Crippen molar-refractivity contribution in [3.05, 3.63) is 42.5 Å². The van der Waals surface area contributed by atoms with Gasteiger partial charge in [0.2, 0.25) is 6.29 Å². The number of ether oxygens (including phenoxy) is 4. The Kier molecular flexibility index (Phi) is 6.39. The van der Waals surface area contributed by atoms with Gasteiger partial charge in [-0.25, -0.2) is 9.78 Å². The van der Waals surface area contributed by atoms with Crippen LogP contribution >= 0.6 is 0 Å². The molecule has 8 heteroatoms. The van der Waals surface area contributed by atoms with Crippen molar-refractivity contribution in [1.29, 1.82) is 0 Å². The number of hydrogen-bond donors (Lipinski definition) is 0. The molecule has 2 rings (SSSR count). The van der Waals surface area contributed by atoms with Crippen LogP contribution in [0.25, 0.3) is 0 Å². The molecule has 0 aliphatic rings. The van der Waals surface area contributed by atoms with Gasteiger partial charge in [-0.1, -0.05) is 0 Å². The van der Waals surface area contributed by atoms with Crippen molar-refractivity contribution in [2.75, 3.05) is 13.7 Å². The van der Waals surface area contributed by atoms with E-state index in [0.29, 0.717) is 24.7 Å². The monoisotopic (exact) mass is 348 g/mol. The maximum atomic E-state index is 12.1. The van der Waals surface area contributed by atoms with E-state index >= 15 is 0 Å². The zero-order valence-corrected chi connectivity index (χ0v) is 14.3. The van der Waals surface area contributed by atoms with E-state index in [1.54, 1.807) is 24.7 Å². The van der Waals surface area contributed by atoms with E-state index in [9.17, 15) is 9.59 Å². The second-order valence-corrected chi connectivity index (χ2v) is 5.10. The number of carbonyl (C=O) groups is 2. The molecule has 0 spiro atoms. The third kappa shape index (κ3) is 5.52. The molecule has 0 aliphatic carbocycles. The quantitative estimate of drug-likeness (QED) is 0.533. The highest BCUT2D eigenvalue weighted by atomic mass is 16.7. The van der Waals surface area contributed by atoms with Crippen LogP contribution in [0.15, 0.2) is 36.9 Å². The molecule has 2 aromatic rings. The maximum absolute atomic E-state index is 12.1. The predicted octanol–water partition coefficient (Wildman–Crippen LogP) is 2.04. The molecule has 8 nitrogen and oxygen atoms in total. The molecule has 0 N–H and O–H groups in total. The maximum Gasteiger partial charge on any atom is 0.341 e. The van der Waals surface area contributed by atoms with Crippen LogP contribution in [0.1, 0.15) is 24.2 Å². The van der Waals surface area contributed by atoms with E-state index in [4.69, 9.17) is 18.9 Å². The first-order chi connectivity index (χ1) is 12.0. The molecule has 0 radical (unpaired) electrons. The summed E-state index contributed by atoms with van der Waals surface area (Å²) in [5.41, 5.74) is 0.262. The Labute approximate surface area is 145 Å². The Bertz CT molecular complexity index is 714. The Morgan fingerprint density at radius 1 is 1.24 bits per heavy atom. The normalized spacial score (nSPS) is 11.5. The van der Waals surface area contributed by atoms with Crippen molar-refractivity contribution in [3.8, 4) is 11.5 Å². The van der Waals surface area contributed by atoms with E-state index in [2.05, 4.69) is 4.98 Å². The van der Waals surface area contributed by atoms with Crippen molar-refractivity contribution >= 4 is 11.9 Å². The first-order valence-electron chi connectivity index (χ1n) is 7.64. The molecule has 1 atom stereocenters. The highest BCUT2D eigenvalue weighted by Crippen LogP contribution is 2.28. The Morgan fingerprint density at radius 2 is 2.04 bits per heavy atom. The molecule has 0 saturated heterocycles. The van der Waals surface area contributed by atoms with Gasteiger partial charge in [0.15, 0.2) is 11.5 Å². The highest BCUT2D eigenvalue weighted by Gasteiger charge is 2.16. The smallest absolute Gasteiger partial charge is 0.341 e. The lowest BCUT2D eigenvalue weighted by molar-refractivity contribution is -0.162. The molecule has 134 valence electrons. The van der Waals surface area contributed by atoms with Crippen molar-refractivity contribution in [3.63, 3.8) is 0 Å². The van der Waals surface area contributed by atoms with Gasteiger partial charge in [-0.15, -0.1) is 0 Å². The Balaban J connectivity index is 1.97. The zero-order valence-electron chi connectivity index (χ0n) is 14.3. The van der Waals surface area contributed by atoms with Crippen LogP contribution in [0, 0.1) is 0 Å². The molecule has 0 aliphatic heterocycles. The van der Waals surface area contributed by atoms with Crippen LogP contribution in [-0.2, 0) is 20.8 Å². The second-order valence-electron chi connectivity index (χ2n) is 5.10. The number of rotatable bonds is 8. The largest absolute Gasteiger partial charge is 0.493 e. The summed E-state index contributed by atoms with van der Waals surface area (Å²) in [6.45, 7) is 3.75. The molecule has 1 unspecified atom stereocenters. The van der Waals surface area contributed by atoms with Crippen molar-refractivity contribution in [1.82, 2.24) is 9.55 Å². The van der Waals surface area contributed by atoms with Gasteiger partial charge >= 0.3 is 11.9 Å². The minimum absolute atomic E-state index is 0.262. The number of methoxy groups -OCH3 is 1. The van der Waals surface area contributed by atoms with Gasteiger partial charge in [-0.3, -0.25) is 4.79 Å². The van der Waals surface area contributed by atoms with Gasteiger partial charge in [0.05, 0.1) is 25.5 Å². The molecule has 0 fully saturated rings. The minimum Gasteiger partial charge on any atom is -0.493 e. The van der Waals surface area contributed by atoms with E-state index < -0.39 is 18.2 Å². The number of carbonyl (C=O) groups excluding carboxylic acids is 2. The summed E-state index contributed by atoms with van der Waals surface area (Å²) in [5, 5.41) is 0. The molecular formula is C17H20N2O6. The number of benzene rings is 1. The summed E-state index contributed by atoms with van der Waals surface area (Å²) >= 11 is 0. The fraction of sp³-hybridized carbons (Fsp3) is 0.353. The number of imidazole rings is 1. The number of esters is 2. The minimum atomic E-state index is -0.970. The van der Waals surface area contributed by atoms with Crippen molar-refractivity contribution < 1.29 is 28.5 Å². The van der Waals surface area contributed by atoms with Crippen LogP contribution in [0.2, 0.25) is 0 Å². The lowest BCUT2D eigenvalue weighted by atomic mass is 10.2. The third-order valence-electron chi connectivity index (χ3n) is 3.17. The molecule has 0 amide bonds. The van der Waals surface area contributed by atoms with Crippen LogP contribution in [0.4, 0.5) is 0 Å². The van der Waals surface area contributed by atoms with Gasteiger partial charge in [-0.2, -0.15) is 0 Å². The molecule has 1 aromatic carbocycles. The zero-order chi connectivity index (χ0) is 18.2. The topological polar surface area (TPSA) is 88.9 Å². The standard InChI is InChI=1S/C17H20N2O6/c1-12(20)24-13(2)25-17(21)14-4-5-15(16(10-14)22-3)23-9-8-19-7-6-18-11-19/h4-7,10-11,13H,8-9H2,1-3H3. The van der Waals surface area contributed by atoms with Gasteiger partial charge in [-0.05, 0) is 18.2 Å². The van der Waals surface area contributed by atoms with Crippen LogP contribution < -0.4 is 9.47 Å². The molecule has 0 saturated carbocycles. The first-order valence-corrected chi connectivity index (χ1v) is 7.64. The number of aromatic nitrogens is 2. The third-order valence-corrected chi connectivity index (χ3v) is 3.17. The van der Waals surface area contributed by atoms with Gasteiger partial charge in [0.1, 0.15) is 6.61 Å². The van der Waals surface area contributed by atoms with Crippen LogP contribution in [0.5, 0.6) is 11.5 Å². The summed E-state index contributed by atoms with van der Waals surface area (Å²) in [5.74, 6) is -0.246. The summed E-state index contributed by atoms with van der Waals surface area (Å²) in [6, 6.07) is 4.69. The highest BCUT2D eigenvalue weighted by molar-refractivity contribution is 5.90. The summed E-state index contributed by atoms with van der Waals surface area (Å²) < 4.78 is 22.6. The van der Waals surface area contributed by atoms with Crippen molar-refractivity contribution in [2.45, 2.75) is 26.7 Å². The van der Waals surface area contributed by atoms with Gasteiger partial charge < -0.3 is 23.5 Å². The van der Waals surface area contributed by atoms with E-state index in [0.717, 1.165) is 0 Å². The summed E-state index contributed by atoms with van der Waals surface area (Å²) in [6.07, 6.45) is 4.26. The van der Waals surface area contributed by atoms with Crippen molar-refractivity contribution in [2.24, 2.45) is 0 Å². The fourth-order valence-electron chi connectivity index (χ4n) is 2.07. The second kappa shape index (κ2) is 8.72. The lowest BCUT2D eigenvalue weighted by Gasteiger charge is -2.14. The summed E-state index contributed by atoms with van der Waals surface area (Å²) in [7, 11) is 1.48. The number of nitrogens with zero attached hydrogens (tertiary/aromatic N) is 2. The van der Waals surface area contributed by atoms with Gasteiger partial charge in [0, 0.05) is 26.2 Å². The molecule has 0 bridgehead atoms. The average molecular weight is 348 g/mol. The van der Waals surface area contributed by atoms with E-state index in [1.165, 1.54) is 27.0 Å². The molecule has 1 aromatic heterocycles. The van der Waals surface area contributed by atoms with E-state index in [1.807, 2.05) is 10.8 Å². The summed E-state index contributed by atoms with van der Waals surface area (Å²) in [4.78, 5) is 26.9. The molecule has 25 heavy (non-hydrogen) atoms.